The van der Waals surface area contributed by atoms with Crippen LogP contribution in [0.25, 0.3) is 0 Å². The molecule has 0 saturated heterocycles. The fourth-order valence-corrected chi connectivity index (χ4v) is 3.40. The Morgan fingerprint density at radius 3 is 2.67 bits per heavy atom. The number of hydrogen-bond acceptors (Lipinski definition) is 3. The van der Waals surface area contributed by atoms with Gasteiger partial charge in [0.05, 0.1) is 16.7 Å². The van der Waals surface area contributed by atoms with E-state index in [1.807, 2.05) is 37.3 Å². The van der Waals surface area contributed by atoms with E-state index in [1.54, 1.807) is 0 Å². The summed E-state index contributed by atoms with van der Waals surface area (Å²) in [6.45, 7) is 2.10. The average Bonchev–Trinajstić information content (AvgIpc) is 2.46. The van der Waals surface area contributed by atoms with Crippen LogP contribution in [0.3, 0.4) is 0 Å². The maximum Gasteiger partial charge on any atom is 0.242 e. The van der Waals surface area contributed by atoms with Crippen LogP contribution in [0.4, 0.5) is 0 Å². The van der Waals surface area contributed by atoms with Gasteiger partial charge in [0, 0.05) is 6.54 Å². The highest BCUT2D eigenvalue weighted by Gasteiger charge is 2.18. The lowest BCUT2D eigenvalue weighted by molar-refractivity contribution is 0.581. The van der Waals surface area contributed by atoms with Gasteiger partial charge in [0.2, 0.25) is 10.0 Å². The standard InChI is InChI=1S/C15H13ClN2O2S/c1-11-3-2-4-13(7-11)10-18-21(19,20)15-8-12(9-17)5-6-14(15)16/h2-8,18H,10H2,1H3. The van der Waals surface area contributed by atoms with E-state index in [-0.39, 0.29) is 22.0 Å². The summed E-state index contributed by atoms with van der Waals surface area (Å²) in [5, 5.41) is 8.94. The van der Waals surface area contributed by atoms with Gasteiger partial charge in [-0.25, -0.2) is 13.1 Å². The Hall–Kier alpha value is -1.87. The first kappa shape index (κ1) is 15.5. The molecule has 4 nitrogen and oxygen atoms in total. The molecule has 0 radical (unpaired) electrons. The maximum absolute atomic E-state index is 12.3. The van der Waals surface area contributed by atoms with Crippen molar-refractivity contribution < 1.29 is 8.42 Å². The minimum absolute atomic E-state index is 0.0872. The number of nitriles is 1. The SMILES string of the molecule is Cc1cccc(CNS(=O)(=O)c2cc(C#N)ccc2Cl)c1. The van der Waals surface area contributed by atoms with Crippen LogP contribution >= 0.6 is 11.6 Å². The van der Waals surface area contributed by atoms with Gasteiger partial charge in [-0.1, -0.05) is 41.4 Å². The summed E-state index contributed by atoms with van der Waals surface area (Å²) in [7, 11) is -3.77. The summed E-state index contributed by atoms with van der Waals surface area (Å²) in [6, 6.07) is 13.6. The van der Waals surface area contributed by atoms with E-state index in [2.05, 4.69) is 4.72 Å². The predicted octanol–water partition coefficient (Wildman–Crippen LogP) is 3.00. The molecule has 2 rings (SSSR count). The number of rotatable bonds is 4. The monoisotopic (exact) mass is 320 g/mol. The number of hydrogen-bond donors (Lipinski definition) is 1. The fraction of sp³-hybridized carbons (Fsp3) is 0.133. The molecule has 0 bridgehead atoms. The van der Waals surface area contributed by atoms with Crippen LogP contribution in [0.2, 0.25) is 5.02 Å². The first-order valence-corrected chi connectivity index (χ1v) is 8.03. The van der Waals surface area contributed by atoms with Gasteiger partial charge >= 0.3 is 0 Å². The molecule has 0 aromatic heterocycles. The Bertz CT molecular complexity index is 811. The summed E-state index contributed by atoms with van der Waals surface area (Å²) in [5.41, 5.74) is 2.15. The summed E-state index contributed by atoms with van der Waals surface area (Å²) in [5.74, 6) is 0. The molecule has 6 heteroatoms. The second-order valence-corrected chi connectivity index (χ2v) is 6.71. The molecule has 0 atom stereocenters. The molecule has 0 spiro atoms. The second-order valence-electron chi connectivity index (χ2n) is 4.57. The summed E-state index contributed by atoms with van der Waals surface area (Å²) < 4.78 is 27.0. The number of sulfonamides is 1. The molecule has 0 aliphatic heterocycles. The maximum atomic E-state index is 12.3. The van der Waals surface area contributed by atoms with E-state index in [0.717, 1.165) is 11.1 Å². The Balaban J connectivity index is 2.25. The van der Waals surface area contributed by atoms with Gasteiger partial charge < -0.3 is 0 Å². The lowest BCUT2D eigenvalue weighted by Gasteiger charge is -2.09. The quantitative estimate of drug-likeness (QED) is 0.941. The first-order valence-electron chi connectivity index (χ1n) is 6.17. The molecule has 21 heavy (non-hydrogen) atoms. The zero-order valence-corrected chi connectivity index (χ0v) is 12.9. The van der Waals surface area contributed by atoms with Crippen LogP contribution in [0.15, 0.2) is 47.4 Å². The van der Waals surface area contributed by atoms with Crippen LogP contribution < -0.4 is 4.72 Å². The molecule has 108 valence electrons. The Kier molecular flexibility index (Phi) is 4.63. The van der Waals surface area contributed by atoms with Crippen LogP contribution in [-0.4, -0.2) is 8.42 Å². The van der Waals surface area contributed by atoms with Gasteiger partial charge in [-0.15, -0.1) is 0 Å². The molecular weight excluding hydrogens is 308 g/mol. The van der Waals surface area contributed by atoms with Gasteiger partial charge in [0.15, 0.2) is 0 Å². The van der Waals surface area contributed by atoms with Crippen LogP contribution in [0.5, 0.6) is 0 Å². The van der Waals surface area contributed by atoms with Crippen molar-refractivity contribution in [1.29, 1.82) is 5.26 Å². The molecule has 0 amide bonds. The van der Waals surface area contributed by atoms with Crippen LogP contribution in [-0.2, 0) is 16.6 Å². The highest BCUT2D eigenvalue weighted by molar-refractivity contribution is 7.89. The molecule has 0 aliphatic carbocycles. The molecule has 0 aliphatic rings. The van der Waals surface area contributed by atoms with E-state index >= 15 is 0 Å². The van der Waals surface area contributed by atoms with E-state index in [4.69, 9.17) is 16.9 Å². The number of benzene rings is 2. The molecular formula is C15H13ClN2O2S. The van der Waals surface area contributed by atoms with Gasteiger partial charge in [-0.3, -0.25) is 0 Å². The van der Waals surface area contributed by atoms with Gasteiger partial charge in [0.25, 0.3) is 0 Å². The average molecular weight is 321 g/mol. The summed E-state index contributed by atoms with van der Waals surface area (Å²) in [4.78, 5) is -0.0872. The van der Waals surface area contributed by atoms with Crippen molar-refractivity contribution in [1.82, 2.24) is 4.72 Å². The van der Waals surface area contributed by atoms with Crippen LogP contribution in [0.1, 0.15) is 16.7 Å². The third-order valence-electron chi connectivity index (χ3n) is 2.90. The third-order valence-corrected chi connectivity index (χ3v) is 4.78. The van der Waals surface area contributed by atoms with Crippen molar-refractivity contribution in [3.8, 4) is 6.07 Å². The van der Waals surface area contributed by atoms with Crippen molar-refractivity contribution in [2.24, 2.45) is 0 Å². The normalized spacial score (nSPS) is 11.1. The van der Waals surface area contributed by atoms with Crippen molar-refractivity contribution in [3.05, 3.63) is 64.2 Å². The zero-order valence-electron chi connectivity index (χ0n) is 11.3. The highest BCUT2D eigenvalue weighted by Crippen LogP contribution is 2.22. The number of nitrogens with zero attached hydrogens (tertiary/aromatic N) is 1. The molecule has 0 fully saturated rings. The minimum atomic E-state index is -3.77. The van der Waals surface area contributed by atoms with Gasteiger partial charge in [-0.05, 0) is 30.7 Å². The van der Waals surface area contributed by atoms with Gasteiger partial charge in [0.1, 0.15) is 4.90 Å². The first-order chi connectivity index (χ1) is 9.92. The molecule has 2 aromatic rings. The predicted molar refractivity (Wildman–Crippen MR) is 81.4 cm³/mol. The van der Waals surface area contributed by atoms with Crippen molar-refractivity contribution in [3.63, 3.8) is 0 Å². The Labute approximate surface area is 129 Å². The lowest BCUT2D eigenvalue weighted by Crippen LogP contribution is -2.23. The topological polar surface area (TPSA) is 70.0 Å². The van der Waals surface area contributed by atoms with E-state index in [1.165, 1.54) is 18.2 Å². The fourth-order valence-electron chi connectivity index (χ4n) is 1.86. The Morgan fingerprint density at radius 2 is 2.00 bits per heavy atom. The zero-order chi connectivity index (χ0) is 15.5. The van der Waals surface area contributed by atoms with Crippen molar-refractivity contribution >= 4 is 21.6 Å². The molecule has 2 aromatic carbocycles. The highest BCUT2D eigenvalue weighted by atomic mass is 35.5. The van der Waals surface area contributed by atoms with E-state index in [0.29, 0.717) is 0 Å². The largest absolute Gasteiger partial charge is 0.242 e. The molecule has 1 N–H and O–H groups in total. The number of aryl methyl sites for hydroxylation is 1. The Morgan fingerprint density at radius 1 is 1.24 bits per heavy atom. The molecule has 0 saturated carbocycles. The third kappa shape index (κ3) is 3.82. The second kappa shape index (κ2) is 6.27. The number of halogens is 1. The van der Waals surface area contributed by atoms with Crippen LogP contribution in [0, 0.1) is 18.3 Å². The summed E-state index contributed by atoms with van der Waals surface area (Å²) in [6.07, 6.45) is 0. The van der Waals surface area contributed by atoms with E-state index < -0.39 is 10.0 Å². The summed E-state index contributed by atoms with van der Waals surface area (Å²) >= 11 is 5.92. The smallest absolute Gasteiger partial charge is 0.207 e. The van der Waals surface area contributed by atoms with E-state index in [9.17, 15) is 8.42 Å². The minimum Gasteiger partial charge on any atom is -0.207 e. The number of nitrogens with one attached hydrogen (secondary N) is 1. The molecule has 0 unspecified atom stereocenters. The van der Waals surface area contributed by atoms with Gasteiger partial charge in [-0.2, -0.15) is 5.26 Å². The lowest BCUT2D eigenvalue weighted by atomic mass is 10.1. The molecule has 0 heterocycles. The van der Waals surface area contributed by atoms with Crippen molar-refractivity contribution in [2.75, 3.05) is 0 Å². The van der Waals surface area contributed by atoms with Crippen molar-refractivity contribution in [2.45, 2.75) is 18.4 Å².